The maximum Gasteiger partial charge on any atom is 0.0876 e. The molecule has 2 rings (SSSR count). The first-order valence-electron chi connectivity index (χ1n) is 4.90. The van der Waals surface area contributed by atoms with E-state index in [0.717, 1.165) is 27.5 Å². The SMILES string of the molecule is OCC1CCOC1c1ccc(Br)c(Br)c1. The van der Waals surface area contributed by atoms with Crippen molar-refractivity contribution in [3.63, 3.8) is 0 Å². The first-order valence-corrected chi connectivity index (χ1v) is 6.48. The van der Waals surface area contributed by atoms with Crippen LogP contribution in [0.2, 0.25) is 0 Å². The van der Waals surface area contributed by atoms with Crippen LogP contribution in [-0.2, 0) is 4.74 Å². The first kappa shape index (κ1) is 11.6. The van der Waals surface area contributed by atoms with Gasteiger partial charge >= 0.3 is 0 Å². The molecule has 1 aromatic carbocycles. The van der Waals surface area contributed by atoms with E-state index in [2.05, 4.69) is 31.9 Å². The van der Waals surface area contributed by atoms with Crippen LogP contribution in [0.15, 0.2) is 27.1 Å². The van der Waals surface area contributed by atoms with Crippen molar-refractivity contribution in [3.05, 3.63) is 32.7 Å². The van der Waals surface area contributed by atoms with Gasteiger partial charge in [-0.15, -0.1) is 0 Å². The van der Waals surface area contributed by atoms with E-state index in [1.807, 2.05) is 18.2 Å². The number of hydrogen-bond acceptors (Lipinski definition) is 2. The van der Waals surface area contributed by atoms with Crippen LogP contribution in [0.25, 0.3) is 0 Å². The molecular weight excluding hydrogens is 324 g/mol. The highest BCUT2D eigenvalue weighted by Crippen LogP contribution is 2.36. The molecule has 1 aliphatic rings. The number of aliphatic hydroxyl groups is 1. The molecule has 1 fully saturated rings. The molecule has 4 heteroatoms. The van der Waals surface area contributed by atoms with Gasteiger partial charge in [0.1, 0.15) is 0 Å². The molecule has 1 aliphatic heterocycles. The molecule has 15 heavy (non-hydrogen) atoms. The van der Waals surface area contributed by atoms with Gasteiger partial charge in [0.15, 0.2) is 0 Å². The zero-order chi connectivity index (χ0) is 10.8. The smallest absolute Gasteiger partial charge is 0.0876 e. The van der Waals surface area contributed by atoms with E-state index in [0.29, 0.717) is 0 Å². The van der Waals surface area contributed by atoms with Crippen molar-refractivity contribution in [2.75, 3.05) is 13.2 Å². The topological polar surface area (TPSA) is 29.5 Å². The van der Waals surface area contributed by atoms with E-state index in [1.165, 1.54) is 0 Å². The third-order valence-corrected chi connectivity index (χ3v) is 4.60. The maximum absolute atomic E-state index is 9.22. The second-order valence-electron chi connectivity index (χ2n) is 3.70. The highest BCUT2D eigenvalue weighted by molar-refractivity contribution is 9.13. The van der Waals surface area contributed by atoms with Crippen LogP contribution in [0.1, 0.15) is 18.1 Å². The predicted molar refractivity (Wildman–Crippen MR) is 65.7 cm³/mol. The van der Waals surface area contributed by atoms with Gasteiger partial charge in [0.25, 0.3) is 0 Å². The van der Waals surface area contributed by atoms with Crippen LogP contribution in [0.3, 0.4) is 0 Å². The summed E-state index contributed by atoms with van der Waals surface area (Å²) >= 11 is 6.90. The zero-order valence-corrected chi connectivity index (χ0v) is 11.3. The molecule has 2 atom stereocenters. The Kier molecular flexibility index (Phi) is 3.83. The lowest BCUT2D eigenvalue weighted by Crippen LogP contribution is -2.11. The lowest BCUT2D eigenvalue weighted by atomic mass is 9.96. The molecule has 2 unspecified atom stereocenters. The van der Waals surface area contributed by atoms with E-state index in [9.17, 15) is 5.11 Å². The molecule has 0 aromatic heterocycles. The van der Waals surface area contributed by atoms with Crippen LogP contribution in [0, 0.1) is 5.92 Å². The summed E-state index contributed by atoms with van der Waals surface area (Å²) in [6, 6.07) is 6.08. The van der Waals surface area contributed by atoms with Gasteiger partial charge < -0.3 is 9.84 Å². The normalized spacial score (nSPS) is 25.8. The van der Waals surface area contributed by atoms with E-state index < -0.39 is 0 Å². The fourth-order valence-electron chi connectivity index (χ4n) is 1.88. The minimum absolute atomic E-state index is 0.0411. The molecule has 2 nitrogen and oxygen atoms in total. The number of benzene rings is 1. The summed E-state index contributed by atoms with van der Waals surface area (Å²) in [5, 5.41) is 9.22. The van der Waals surface area contributed by atoms with Crippen LogP contribution < -0.4 is 0 Å². The number of aliphatic hydroxyl groups excluding tert-OH is 1. The van der Waals surface area contributed by atoms with E-state index >= 15 is 0 Å². The Labute approximate surface area is 106 Å². The summed E-state index contributed by atoms with van der Waals surface area (Å²) < 4.78 is 7.69. The zero-order valence-electron chi connectivity index (χ0n) is 8.12. The molecule has 1 saturated heterocycles. The van der Waals surface area contributed by atoms with E-state index in [1.54, 1.807) is 0 Å². The van der Waals surface area contributed by atoms with Crippen molar-refractivity contribution in [2.24, 2.45) is 5.92 Å². The highest BCUT2D eigenvalue weighted by atomic mass is 79.9. The molecular formula is C11H12Br2O2. The minimum Gasteiger partial charge on any atom is -0.396 e. The van der Waals surface area contributed by atoms with Crippen molar-refractivity contribution < 1.29 is 9.84 Å². The Morgan fingerprint density at radius 1 is 1.33 bits per heavy atom. The van der Waals surface area contributed by atoms with Gasteiger partial charge in [-0.1, -0.05) is 6.07 Å². The van der Waals surface area contributed by atoms with Gasteiger partial charge in [-0.25, -0.2) is 0 Å². The minimum atomic E-state index is 0.0411. The Morgan fingerprint density at radius 3 is 2.80 bits per heavy atom. The number of ether oxygens (including phenoxy) is 1. The Balaban J connectivity index is 2.25. The lowest BCUT2D eigenvalue weighted by molar-refractivity contribution is 0.0720. The van der Waals surface area contributed by atoms with E-state index in [-0.39, 0.29) is 18.6 Å². The van der Waals surface area contributed by atoms with Crippen molar-refractivity contribution in [1.29, 1.82) is 0 Å². The van der Waals surface area contributed by atoms with Gasteiger partial charge in [0.2, 0.25) is 0 Å². The van der Waals surface area contributed by atoms with Gasteiger partial charge in [0, 0.05) is 28.1 Å². The summed E-state index contributed by atoms with van der Waals surface area (Å²) in [4.78, 5) is 0. The summed E-state index contributed by atoms with van der Waals surface area (Å²) in [7, 11) is 0. The average Bonchev–Trinajstić information content (AvgIpc) is 2.70. The molecule has 1 N–H and O–H groups in total. The number of rotatable bonds is 2. The molecule has 82 valence electrons. The Hall–Kier alpha value is 0.1000. The number of halogens is 2. The molecule has 0 amide bonds. The summed E-state index contributed by atoms with van der Waals surface area (Å²) in [5.74, 6) is 0.234. The average molecular weight is 336 g/mol. The fourth-order valence-corrected chi connectivity index (χ4v) is 2.52. The third-order valence-electron chi connectivity index (χ3n) is 2.72. The Bertz CT molecular complexity index is 354. The van der Waals surface area contributed by atoms with Gasteiger partial charge in [0.05, 0.1) is 6.10 Å². The summed E-state index contributed by atoms with van der Waals surface area (Å²) in [6.45, 7) is 0.932. The quantitative estimate of drug-likeness (QED) is 0.898. The van der Waals surface area contributed by atoms with Gasteiger partial charge in [-0.05, 0) is 56.0 Å². The van der Waals surface area contributed by atoms with Gasteiger partial charge in [-0.3, -0.25) is 0 Å². The number of hydrogen-bond donors (Lipinski definition) is 1. The van der Waals surface area contributed by atoms with Crippen LogP contribution in [0.4, 0.5) is 0 Å². The second-order valence-corrected chi connectivity index (χ2v) is 5.40. The summed E-state index contributed by atoms with van der Waals surface area (Å²) in [5.41, 5.74) is 1.13. The van der Waals surface area contributed by atoms with Crippen LogP contribution >= 0.6 is 31.9 Å². The standard InChI is InChI=1S/C11H12Br2O2/c12-9-2-1-7(5-10(9)13)11-8(6-14)3-4-15-11/h1-2,5,8,11,14H,3-4,6H2. The summed E-state index contributed by atoms with van der Waals surface area (Å²) in [6.07, 6.45) is 0.980. The van der Waals surface area contributed by atoms with E-state index in [4.69, 9.17) is 4.74 Å². The first-order chi connectivity index (χ1) is 7.22. The molecule has 1 heterocycles. The monoisotopic (exact) mass is 334 g/mol. The second kappa shape index (κ2) is 4.95. The lowest BCUT2D eigenvalue weighted by Gasteiger charge is -2.17. The predicted octanol–water partition coefficient (Wildman–Crippen LogP) is 3.28. The largest absolute Gasteiger partial charge is 0.396 e. The van der Waals surface area contributed by atoms with Crippen molar-refractivity contribution in [2.45, 2.75) is 12.5 Å². The highest BCUT2D eigenvalue weighted by Gasteiger charge is 2.29. The maximum atomic E-state index is 9.22. The molecule has 0 aliphatic carbocycles. The molecule has 0 bridgehead atoms. The van der Waals surface area contributed by atoms with Gasteiger partial charge in [-0.2, -0.15) is 0 Å². The van der Waals surface area contributed by atoms with Crippen LogP contribution in [-0.4, -0.2) is 18.3 Å². The molecule has 0 radical (unpaired) electrons. The fraction of sp³-hybridized carbons (Fsp3) is 0.455. The molecule has 0 saturated carbocycles. The van der Waals surface area contributed by atoms with Crippen LogP contribution in [0.5, 0.6) is 0 Å². The molecule has 1 aromatic rings. The van der Waals surface area contributed by atoms with Crippen molar-refractivity contribution in [3.8, 4) is 0 Å². The Morgan fingerprint density at radius 2 is 2.13 bits per heavy atom. The van der Waals surface area contributed by atoms with Crippen molar-refractivity contribution >= 4 is 31.9 Å². The third kappa shape index (κ3) is 2.44. The molecule has 0 spiro atoms. The van der Waals surface area contributed by atoms with Crippen molar-refractivity contribution in [1.82, 2.24) is 0 Å².